The van der Waals surface area contributed by atoms with Gasteiger partial charge in [-0.2, -0.15) is 0 Å². The van der Waals surface area contributed by atoms with Crippen molar-refractivity contribution in [2.45, 2.75) is 0 Å². The lowest BCUT2D eigenvalue weighted by Gasteiger charge is -2.09. The number of carbonyl (C=O) groups is 2. The zero-order valence-corrected chi connectivity index (χ0v) is 12.9. The number of hydrogen-bond acceptors (Lipinski definition) is 6. The average molecular weight is 336 g/mol. The molecule has 0 aliphatic rings. The highest BCUT2D eigenvalue weighted by Gasteiger charge is 2.11. The van der Waals surface area contributed by atoms with Gasteiger partial charge in [-0.3, -0.25) is 4.98 Å². The molecule has 0 amide bonds. The predicted octanol–water partition coefficient (Wildman–Crippen LogP) is 2.54. The Kier molecular flexibility index (Phi) is 5.94. The van der Waals surface area contributed by atoms with E-state index in [1.807, 2.05) is 0 Å². The van der Waals surface area contributed by atoms with E-state index in [1.165, 1.54) is 6.08 Å². The quantitative estimate of drug-likeness (QED) is 0.572. The molecule has 0 N–H and O–H groups in total. The third-order valence-corrected chi connectivity index (χ3v) is 3.07. The van der Waals surface area contributed by atoms with Gasteiger partial charge in [-0.05, 0) is 24.3 Å². The standard InChI is InChI=1S/C16H14ClNO5/c1-2-8-21-14(19)10-23-15(20)9-22-13-6-5-12(17)11-4-3-7-18-16(11)13/h2-7H,1,8-10H2. The molecular weight excluding hydrogens is 322 g/mol. The molecule has 0 bridgehead atoms. The Morgan fingerprint density at radius 3 is 2.74 bits per heavy atom. The van der Waals surface area contributed by atoms with E-state index in [2.05, 4.69) is 16.3 Å². The van der Waals surface area contributed by atoms with Gasteiger partial charge in [0.05, 0.1) is 5.02 Å². The molecule has 0 saturated carbocycles. The van der Waals surface area contributed by atoms with E-state index in [1.54, 1.807) is 30.5 Å². The summed E-state index contributed by atoms with van der Waals surface area (Å²) < 4.78 is 14.8. The van der Waals surface area contributed by atoms with Crippen molar-refractivity contribution < 1.29 is 23.8 Å². The van der Waals surface area contributed by atoms with Gasteiger partial charge in [-0.25, -0.2) is 9.59 Å². The fourth-order valence-electron chi connectivity index (χ4n) is 1.74. The second-order valence-corrected chi connectivity index (χ2v) is 4.77. The molecule has 0 aliphatic heterocycles. The second-order valence-electron chi connectivity index (χ2n) is 4.37. The van der Waals surface area contributed by atoms with Crippen molar-refractivity contribution in [3.63, 3.8) is 0 Å². The number of esters is 2. The Balaban J connectivity index is 1.91. The number of rotatable bonds is 7. The Labute approximate surface area is 137 Å². The predicted molar refractivity (Wildman–Crippen MR) is 84.4 cm³/mol. The number of fused-ring (bicyclic) bond motifs is 1. The summed E-state index contributed by atoms with van der Waals surface area (Å²) in [5.74, 6) is -0.951. The fourth-order valence-corrected chi connectivity index (χ4v) is 1.96. The van der Waals surface area contributed by atoms with Gasteiger partial charge in [0.2, 0.25) is 0 Å². The van der Waals surface area contributed by atoms with Crippen LogP contribution in [0.5, 0.6) is 5.75 Å². The molecule has 0 saturated heterocycles. The number of aromatic nitrogens is 1. The van der Waals surface area contributed by atoms with E-state index < -0.39 is 18.5 Å². The van der Waals surface area contributed by atoms with Crippen LogP contribution in [0.1, 0.15) is 0 Å². The third-order valence-electron chi connectivity index (χ3n) is 2.74. The number of pyridine rings is 1. The van der Waals surface area contributed by atoms with Crippen LogP contribution in [0.15, 0.2) is 43.1 Å². The summed E-state index contributed by atoms with van der Waals surface area (Å²) in [7, 11) is 0. The van der Waals surface area contributed by atoms with Gasteiger partial charge in [0.25, 0.3) is 0 Å². The molecule has 0 fully saturated rings. The summed E-state index contributed by atoms with van der Waals surface area (Å²) in [6.07, 6.45) is 3.01. The van der Waals surface area contributed by atoms with Crippen molar-refractivity contribution in [3.8, 4) is 5.75 Å². The van der Waals surface area contributed by atoms with Crippen LogP contribution in [0.3, 0.4) is 0 Å². The second kappa shape index (κ2) is 8.14. The molecule has 0 aliphatic carbocycles. The van der Waals surface area contributed by atoms with Crippen molar-refractivity contribution in [1.29, 1.82) is 0 Å². The molecule has 2 rings (SSSR count). The van der Waals surface area contributed by atoms with E-state index in [4.69, 9.17) is 21.1 Å². The van der Waals surface area contributed by atoms with Gasteiger partial charge >= 0.3 is 11.9 Å². The van der Waals surface area contributed by atoms with Crippen molar-refractivity contribution in [3.05, 3.63) is 48.1 Å². The Morgan fingerprint density at radius 1 is 1.17 bits per heavy atom. The first-order valence-electron chi connectivity index (χ1n) is 6.70. The van der Waals surface area contributed by atoms with Crippen LogP contribution >= 0.6 is 11.6 Å². The van der Waals surface area contributed by atoms with Gasteiger partial charge < -0.3 is 14.2 Å². The summed E-state index contributed by atoms with van der Waals surface area (Å²) in [6.45, 7) is 2.63. The smallest absolute Gasteiger partial charge is 0.344 e. The Bertz CT molecular complexity index is 731. The first-order chi connectivity index (χ1) is 11.1. The number of carbonyl (C=O) groups excluding carboxylic acids is 2. The van der Waals surface area contributed by atoms with Gasteiger partial charge in [-0.1, -0.05) is 24.3 Å². The van der Waals surface area contributed by atoms with Crippen LogP contribution in [-0.4, -0.2) is 36.7 Å². The fraction of sp³-hybridized carbons (Fsp3) is 0.188. The van der Waals surface area contributed by atoms with Gasteiger partial charge in [0.15, 0.2) is 13.2 Å². The highest BCUT2D eigenvalue weighted by Crippen LogP contribution is 2.29. The van der Waals surface area contributed by atoms with Crippen LogP contribution < -0.4 is 4.74 Å². The molecule has 120 valence electrons. The van der Waals surface area contributed by atoms with Crippen LogP contribution in [0.4, 0.5) is 0 Å². The molecule has 7 heteroatoms. The van der Waals surface area contributed by atoms with Crippen LogP contribution in [0.25, 0.3) is 10.9 Å². The summed E-state index contributed by atoms with van der Waals surface area (Å²) in [4.78, 5) is 26.9. The molecule has 0 unspecified atom stereocenters. The lowest BCUT2D eigenvalue weighted by molar-refractivity contribution is -0.159. The molecule has 1 aromatic heterocycles. The zero-order valence-electron chi connectivity index (χ0n) is 12.2. The largest absolute Gasteiger partial charge is 0.480 e. The molecule has 1 aromatic carbocycles. The minimum Gasteiger partial charge on any atom is -0.480 e. The maximum absolute atomic E-state index is 11.6. The maximum Gasteiger partial charge on any atom is 0.344 e. The zero-order chi connectivity index (χ0) is 16.7. The first-order valence-corrected chi connectivity index (χ1v) is 7.08. The molecule has 23 heavy (non-hydrogen) atoms. The van der Waals surface area contributed by atoms with Crippen molar-refractivity contribution in [2.24, 2.45) is 0 Å². The molecule has 2 aromatic rings. The topological polar surface area (TPSA) is 74.7 Å². The van der Waals surface area contributed by atoms with E-state index in [0.717, 1.165) is 0 Å². The van der Waals surface area contributed by atoms with Crippen LogP contribution in [0, 0.1) is 0 Å². The van der Waals surface area contributed by atoms with Crippen molar-refractivity contribution in [2.75, 3.05) is 19.8 Å². The van der Waals surface area contributed by atoms with E-state index >= 15 is 0 Å². The maximum atomic E-state index is 11.6. The summed E-state index contributed by atoms with van der Waals surface area (Å²) in [5, 5.41) is 1.25. The van der Waals surface area contributed by atoms with Gasteiger partial charge in [0.1, 0.15) is 17.9 Å². The molecule has 0 atom stereocenters. The molecule has 0 spiro atoms. The summed E-state index contributed by atoms with van der Waals surface area (Å²) in [5.41, 5.74) is 0.540. The third kappa shape index (κ3) is 4.69. The van der Waals surface area contributed by atoms with Crippen LogP contribution in [0.2, 0.25) is 5.02 Å². The van der Waals surface area contributed by atoms with Crippen molar-refractivity contribution in [1.82, 2.24) is 4.98 Å². The monoisotopic (exact) mass is 335 g/mol. The molecule has 1 heterocycles. The minimum atomic E-state index is -0.695. The Morgan fingerprint density at radius 2 is 1.96 bits per heavy atom. The lowest BCUT2D eigenvalue weighted by atomic mass is 10.2. The van der Waals surface area contributed by atoms with Gasteiger partial charge in [0, 0.05) is 11.6 Å². The normalized spacial score (nSPS) is 10.1. The minimum absolute atomic E-state index is 0.0648. The van der Waals surface area contributed by atoms with Gasteiger partial charge in [-0.15, -0.1) is 0 Å². The van der Waals surface area contributed by atoms with E-state index in [9.17, 15) is 9.59 Å². The highest BCUT2D eigenvalue weighted by atomic mass is 35.5. The first kappa shape index (κ1) is 16.8. The Hall–Kier alpha value is -2.60. The number of hydrogen-bond donors (Lipinski definition) is 0. The number of halogens is 1. The summed E-state index contributed by atoms with van der Waals surface area (Å²) in [6, 6.07) is 6.81. The SMILES string of the molecule is C=CCOC(=O)COC(=O)COc1ccc(Cl)c2cccnc12. The van der Waals surface area contributed by atoms with E-state index in [-0.39, 0.29) is 13.2 Å². The lowest BCUT2D eigenvalue weighted by Crippen LogP contribution is -2.20. The van der Waals surface area contributed by atoms with Crippen LogP contribution in [-0.2, 0) is 19.1 Å². The number of ether oxygens (including phenoxy) is 3. The average Bonchev–Trinajstić information content (AvgIpc) is 2.57. The summed E-state index contributed by atoms with van der Waals surface area (Å²) >= 11 is 6.07. The molecule has 6 nitrogen and oxygen atoms in total. The number of nitrogens with zero attached hydrogens (tertiary/aromatic N) is 1. The molecule has 0 radical (unpaired) electrons. The van der Waals surface area contributed by atoms with E-state index in [0.29, 0.717) is 21.7 Å². The van der Waals surface area contributed by atoms with Crippen molar-refractivity contribution >= 4 is 34.4 Å². The highest BCUT2D eigenvalue weighted by molar-refractivity contribution is 6.35. The molecular formula is C16H14ClNO5. The number of benzene rings is 1.